The summed E-state index contributed by atoms with van der Waals surface area (Å²) in [4.78, 5) is 0. The summed E-state index contributed by atoms with van der Waals surface area (Å²) < 4.78 is 0. The maximum absolute atomic E-state index is 8.75. The van der Waals surface area contributed by atoms with Crippen molar-refractivity contribution in [3.63, 3.8) is 0 Å². The fourth-order valence-electron chi connectivity index (χ4n) is 2.09. The Labute approximate surface area is 118 Å². The highest BCUT2D eigenvalue weighted by Crippen LogP contribution is 2.18. The lowest BCUT2D eigenvalue weighted by molar-refractivity contribution is 0.857. The van der Waals surface area contributed by atoms with E-state index < -0.39 is 0 Å². The number of nitrogens with zero attached hydrogens (tertiary/aromatic N) is 2. The molecule has 0 radical (unpaired) electrons. The Morgan fingerprint density at radius 3 is 2.95 bits per heavy atom. The van der Waals surface area contributed by atoms with Crippen LogP contribution in [0, 0.1) is 18.3 Å². The number of hydrogen-bond donors (Lipinski definition) is 3. The van der Waals surface area contributed by atoms with E-state index in [1.54, 1.807) is 0 Å². The highest BCUT2D eigenvalue weighted by atomic mass is 15.1. The molecule has 0 atom stereocenters. The van der Waals surface area contributed by atoms with Crippen LogP contribution in [-0.2, 0) is 12.8 Å². The summed E-state index contributed by atoms with van der Waals surface area (Å²) in [5.74, 6) is 0. The van der Waals surface area contributed by atoms with Crippen LogP contribution in [0.4, 0.5) is 11.4 Å². The van der Waals surface area contributed by atoms with E-state index in [1.807, 2.05) is 31.3 Å². The second kappa shape index (κ2) is 6.62. The van der Waals surface area contributed by atoms with Gasteiger partial charge in [0.25, 0.3) is 0 Å². The summed E-state index contributed by atoms with van der Waals surface area (Å²) in [7, 11) is 0. The Morgan fingerprint density at radius 1 is 1.40 bits per heavy atom. The number of rotatable bonds is 6. The molecule has 20 heavy (non-hydrogen) atoms. The Morgan fingerprint density at radius 2 is 2.25 bits per heavy atom. The van der Waals surface area contributed by atoms with Crippen molar-refractivity contribution in [1.29, 1.82) is 5.26 Å². The van der Waals surface area contributed by atoms with E-state index in [4.69, 9.17) is 11.0 Å². The second-order valence-corrected chi connectivity index (χ2v) is 4.80. The molecule has 0 aliphatic rings. The second-order valence-electron chi connectivity index (χ2n) is 4.80. The van der Waals surface area contributed by atoms with E-state index in [-0.39, 0.29) is 0 Å². The van der Waals surface area contributed by atoms with Crippen molar-refractivity contribution in [3.05, 3.63) is 41.2 Å². The van der Waals surface area contributed by atoms with Crippen molar-refractivity contribution in [1.82, 2.24) is 10.2 Å². The van der Waals surface area contributed by atoms with Crippen LogP contribution < -0.4 is 11.1 Å². The lowest BCUT2D eigenvalue weighted by atomic mass is 10.1. The van der Waals surface area contributed by atoms with Crippen LogP contribution in [0.15, 0.2) is 24.4 Å². The standard InChI is InChI=1S/C15H19N5/c1-11-13(10-19-20-11)3-2-8-18-14-4-5-15(17)12(9-14)6-7-16/h4-5,9-10,18H,2-3,6,8,17H2,1H3,(H,19,20). The Kier molecular flexibility index (Phi) is 4.61. The van der Waals surface area contributed by atoms with Crippen molar-refractivity contribution in [2.75, 3.05) is 17.6 Å². The van der Waals surface area contributed by atoms with Crippen molar-refractivity contribution < 1.29 is 0 Å². The van der Waals surface area contributed by atoms with E-state index >= 15 is 0 Å². The number of H-pyrrole nitrogens is 1. The largest absolute Gasteiger partial charge is 0.398 e. The van der Waals surface area contributed by atoms with Gasteiger partial charge in [-0.05, 0) is 49.1 Å². The van der Waals surface area contributed by atoms with Gasteiger partial charge in [0.15, 0.2) is 0 Å². The number of aromatic nitrogens is 2. The van der Waals surface area contributed by atoms with Gasteiger partial charge in [-0.1, -0.05) is 0 Å². The third-order valence-corrected chi connectivity index (χ3v) is 3.30. The van der Waals surface area contributed by atoms with Crippen LogP contribution in [0.1, 0.15) is 23.2 Å². The van der Waals surface area contributed by atoms with Gasteiger partial charge in [0, 0.05) is 23.6 Å². The molecular formula is C15H19N5. The predicted molar refractivity (Wildman–Crippen MR) is 80.3 cm³/mol. The Bertz CT molecular complexity index is 609. The van der Waals surface area contributed by atoms with E-state index in [0.717, 1.165) is 36.3 Å². The van der Waals surface area contributed by atoms with Gasteiger partial charge < -0.3 is 11.1 Å². The molecule has 5 heteroatoms. The zero-order chi connectivity index (χ0) is 14.4. The molecule has 0 unspecified atom stereocenters. The molecule has 0 saturated heterocycles. The van der Waals surface area contributed by atoms with Crippen LogP contribution in [0.25, 0.3) is 0 Å². The average Bonchev–Trinajstić information content (AvgIpc) is 2.84. The SMILES string of the molecule is Cc1[nH]ncc1CCCNc1ccc(N)c(CC#N)c1. The van der Waals surface area contributed by atoms with Crippen LogP contribution >= 0.6 is 0 Å². The number of nitrogen functional groups attached to an aromatic ring is 1. The zero-order valence-corrected chi connectivity index (χ0v) is 11.6. The minimum atomic E-state index is 0.343. The predicted octanol–water partition coefficient (Wildman–Crippen LogP) is 2.41. The first-order chi connectivity index (χ1) is 9.70. The third-order valence-electron chi connectivity index (χ3n) is 3.30. The molecule has 0 fully saturated rings. The van der Waals surface area contributed by atoms with Crippen molar-refractivity contribution in [2.24, 2.45) is 0 Å². The minimum Gasteiger partial charge on any atom is -0.398 e. The first kappa shape index (κ1) is 13.9. The highest BCUT2D eigenvalue weighted by molar-refractivity contribution is 5.58. The molecule has 2 aromatic rings. The Hall–Kier alpha value is -2.48. The molecule has 0 bridgehead atoms. The zero-order valence-electron chi connectivity index (χ0n) is 11.6. The lowest BCUT2D eigenvalue weighted by Gasteiger charge is -2.09. The van der Waals surface area contributed by atoms with Crippen LogP contribution in [0.5, 0.6) is 0 Å². The number of nitrogens with one attached hydrogen (secondary N) is 2. The molecule has 4 N–H and O–H groups in total. The molecule has 5 nitrogen and oxygen atoms in total. The van der Waals surface area contributed by atoms with Crippen LogP contribution in [0.3, 0.4) is 0 Å². The van der Waals surface area contributed by atoms with Gasteiger partial charge in [-0.15, -0.1) is 0 Å². The molecule has 2 rings (SSSR count). The first-order valence-corrected chi connectivity index (χ1v) is 6.69. The number of benzene rings is 1. The van der Waals surface area contributed by atoms with Gasteiger partial charge in [-0.2, -0.15) is 10.4 Å². The summed E-state index contributed by atoms with van der Waals surface area (Å²) >= 11 is 0. The van der Waals surface area contributed by atoms with Gasteiger partial charge >= 0.3 is 0 Å². The lowest BCUT2D eigenvalue weighted by Crippen LogP contribution is -2.04. The number of hydrogen-bond acceptors (Lipinski definition) is 4. The number of nitriles is 1. The minimum absolute atomic E-state index is 0.343. The van der Waals surface area contributed by atoms with Gasteiger partial charge in [0.2, 0.25) is 0 Å². The normalized spacial score (nSPS) is 10.2. The summed E-state index contributed by atoms with van der Waals surface area (Å²) in [6.45, 7) is 2.91. The van der Waals surface area contributed by atoms with E-state index in [9.17, 15) is 0 Å². The maximum Gasteiger partial charge on any atom is 0.0670 e. The molecule has 0 amide bonds. The number of aromatic amines is 1. The van der Waals surface area contributed by atoms with Crippen LogP contribution in [-0.4, -0.2) is 16.7 Å². The molecule has 0 saturated carbocycles. The average molecular weight is 269 g/mol. The monoisotopic (exact) mass is 269 g/mol. The van der Waals surface area contributed by atoms with Crippen molar-refractivity contribution in [2.45, 2.75) is 26.2 Å². The maximum atomic E-state index is 8.75. The van der Waals surface area contributed by atoms with Gasteiger partial charge in [0.1, 0.15) is 0 Å². The topological polar surface area (TPSA) is 90.5 Å². The van der Waals surface area contributed by atoms with Gasteiger partial charge in [-0.25, -0.2) is 0 Å². The molecule has 0 aliphatic heterocycles. The molecular weight excluding hydrogens is 250 g/mol. The van der Waals surface area contributed by atoms with Gasteiger partial charge in [-0.3, -0.25) is 5.10 Å². The molecule has 1 heterocycles. The fourth-order valence-corrected chi connectivity index (χ4v) is 2.09. The number of aryl methyl sites for hydroxylation is 2. The highest BCUT2D eigenvalue weighted by Gasteiger charge is 2.02. The van der Waals surface area contributed by atoms with E-state index in [2.05, 4.69) is 21.6 Å². The van der Waals surface area contributed by atoms with E-state index in [1.165, 1.54) is 5.56 Å². The van der Waals surface area contributed by atoms with Crippen LogP contribution in [0.2, 0.25) is 0 Å². The third kappa shape index (κ3) is 3.51. The molecule has 1 aromatic carbocycles. The number of nitrogens with two attached hydrogens (primary N) is 1. The molecule has 0 spiro atoms. The van der Waals surface area contributed by atoms with E-state index in [0.29, 0.717) is 12.1 Å². The van der Waals surface area contributed by atoms with Crippen molar-refractivity contribution >= 4 is 11.4 Å². The first-order valence-electron chi connectivity index (χ1n) is 6.69. The smallest absolute Gasteiger partial charge is 0.0670 e. The summed E-state index contributed by atoms with van der Waals surface area (Å²) in [5.41, 5.74) is 10.8. The summed E-state index contributed by atoms with van der Waals surface area (Å²) in [6, 6.07) is 7.86. The Balaban J connectivity index is 1.84. The summed E-state index contributed by atoms with van der Waals surface area (Å²) in [6.07, 6.45) is 4.24. The summed E-state index contributed by atoms with van der Waals surface area (Å²) in [5, 5.41) is 19.1. The van der Waals surface area contributed by atoms with Gasteiger partial charge in [0.05, 0.1) is 18.7 Å². The quantitative estimate of drug-likeness (QED) is 0.555. The number of anilines is 2. The fraction of sp³-hybridized carbons (Fsp3) is 0.333. The molecule has 1 aromatic heterocycles. The van der Waals surface area contributed by atoms with Crippen molar-refractivity contribution in [3.8, 4) is 6.07 Å². The molecule has 0 aliphatic carbocycles. The molecule has 104 valence electrons.